The Morgan fingerprint density at radius 1 is 1.12 bits per heavy atom. The van der Waals surface area contributed by atoms with E-state index in [1.165, 1.54) is 0 Å². The lowest BCUT2D eigenvalue weighted by Crippen LogP contribution is -2.24. The van der Waals surface area contributed by atoms with E-state index in [1.54, 1.807) is 24.1 Å². The number of aryl methyl sites for hydroxylation is 3. The topological polar surface area (TPSA) is 58.6 Å². The average molecular weight is 352 g/mol. The first kappa shape index (κ1) is 18.0. The number of anilines is 2. The zero-order chi connectivity index (χ0) is 18.8. The molecule has 136 valence electrons. The molecule has 1 saturated heterocycles. The molecular formula is C21H24N2O3. The number of hydrogen-bond donors (Lipinski definition) is 1. The van der Waals surface area contributed by atoms with Crippen molar-refractivity contribution in [3.8, 4) is 5.75 Å². The van der Waals surface area contributed by atoms with Gasteiger partial charge in [-0.3, -0.25) is 9.59 Å². The predicted octanol–water partition coefficient (Wildman–Crippen LogP) is 4.00. The lowest BCUT2D eigenvalue weighted by Gasteiger charge is -2.20. The number of nitrogens with zero attached hydrogens (tertiary/aromatic N) is 1. The third kappa shape index (κ3) is 3.43. The molecule has 2 aromatic carbocycles. The summed E-state index contributed by atoms with van der Waals surface area (Å²) in [5, 5.41) is 2.94. The van der Waals surface area contributed by atoms with Crippen LogP contribution >= 0.6 is 0 Å². The summed E-state index contributed by atoms with van der Waals surface area (Å²) in [5.74, 6) is 0.536. The third-order valence-corrected chi connectivity index (χ3v) is 4.71. The van der Waals surface area contributed by atoms with Gasteiger partial charge in [-0.15, -0.1) is 0 Å². The van der Waals surface area contributed by atoms with E-state index in [4.69, 9.17) is 4.74 Å². The molecule has 0 atom stereocenters. The fraction of sp³-hybridized carbons (Fsp3) is 0.333. The van der Waals surface area contributed by atoms with Crippen molar-refractivity contribution in [3.63, 3.8) is 0 Å². The van der Waals surface area contributed by atoms with Gasteiger partial charge in [0.2, 0.25) is 5.91 Å². The van der Waals surface area contributed by atoms with Gasteiger partial charge in [-0.05, 0) is 50.5 Å². The number of rotatable bonds is 4. The van der Waals surface area contributed by atoms with Crippen molar-refractivity contribution in [1.29, 1.82) is 0 Å². The number of methoxy groups -OCH3 is 1. The minimum absolute atomic E-state index is 0.103. The van der Waals surface area contributed by atoms with Crippen LogP contribution < -0.4 is 15.0 Å². The van der Waals surface area contributed by atoms with Crippen molar-refractivity contribution in [1.82, 2.24) is 0 Å². The van der Waals surface area contributed by atoms with Gasteiger partial charge in [-0.2, -0.15) is 0 Å². The highest BCUT2D eigenvalue weighted by molar-refractivity contribution is 6.06. The van der Waals surface area contributed by atoms with Gasteiger partial charge in [0.15, 0.2) is 0 Å². The molecule has 0 saturated carbocycles. The van der Waals surface area contributed by atoms with Crippen LogP contribution in [0.2, 0.25) is 0 Å². The summed E-state index contributed by atoms with van der Waals surface area (Å²) >= 11 is 0. The first-order valence-corrected chi connectivity index (χ1v) is 8.78. The molecule has 5 nitrogen and oxygen atoms in total. The molecule has 0 unspecified atom stereocenters. The zero-order valence-electron chi connectivity index (χ0n) is 15.7. The molecule has 1 fully saturated rings. The monoisotopic (exact) mass is 352 g/mol. The molecule has 1 N–H and O–H groups in total. The van der Waals surface area contributed by atoms with E-state index in [-0.39, 0.29) is 11.8 Å². The van der Waals surface area contributed by atoms with Gasteiger partial charge in [-0.25, -0.2) is 0 Å². The number of benzene rings is 2. The van der Waals surface area contributed by atoms with Gasteiger partial charge in [0, 0.05) is 30.3 Å². The molecule has 2 amide bonds. The van der Waals surface area contributed by atoms with Gasteiger partial charge >= 0.3 is 0 Å². The van der Waals surface area contributed by atoms with E-state index in [0.717, 1.165) is 28.8 Å². The van der Waals surface area contributed by atoms with Gasteiger partial charge in [0.25, 0.3) is 5.91 Å². The largest absolute Gasteiger partial charge is 0.494 e. The Balaban J connectivity index is 1.87. The fourth-order valence-electron chi connectivity index (χ4n) is 3.61. The number of carbonyl (C=O) groups excluding carboxylic acids is 2. The maximum Gasteiger partial charge on any atom is 0.256 e. The van der Waals surface area contributed by atoms with Crippen LogP contribution in [-0.4, -0.2) is 25.5 Å². The van der Waals surface area contributed by atoms with Crippen molar-refractivity contribution in [3.05, 3.63) is 52.6 Å². The first-order valence-electron chi connectivity index (χ1n) is 8.78. The summed E-state index contributed by atoms with van der Waals surface area (Å²) in [6.07, 6.45) is 1.42. The van der Waals surface area contributed by atoms with Gasteiger partial charge in [0.1, 0.15) is 5.75 Å². The van der Waals surface area contributed by atoms with E-state index in [0.29, 0.717) is 30.0 Å². The van der Waals surface area contributed by atoms with Crippen molar-refractivity contribution >= 4 is 23.2 Å². The molecule has 3 rings (SSSR count). The minimum atomic E-state index is -0.146. The van der Waals surface area contributed by atoms with Gasteiger partial charge in [-0.1, -0.05) is 17.7 Å². The standard InChI is InChI=1S/C21H24N2O3/c1-13-10-14(2)20(15(3)11-13)21(25)22-16-7-8-17(18(12-16)26-4)23-9-5-6-19(23)24/h7-8,10-12H,5-6,9H2,1-4H3,(H,22,25). The normalized spacial score (nSPS) is 13.8. The predicted molar refractivity (Wildman–Crippen MR) is 103 cm³/mol. The van der Waals surface area contributed by atoms with Crippen LogP contribution in [0.5, 0.6) is 5.75 Å². The summed E-state index contributed by atoms with van der Waals surface area (Å²) in [6.45, 7) is 6.60. The van der Waals surface area contributed by atoms with Crippen LogP contribution in [0.25, 0.3) is 0 Å². The molecule has 1 heterocycles. The Bertz CT molecular complexity index is 851. The smallest absolute Gasteiger partial charge is 0.256 e. The molecule has 2 aromatic rings. The van der Waals surface area contributed by atoms with Crippen molar-refractivity contribution < 1.29 is 14.3 Å². The maximum atomic E-state index is 12.7. The third-order valence-electron chi connectivity index (χ3n) is 4.71. The Morgan fingerprint density at radius 2 is 1.81 bits per heavy atom. The van der Waals surface area contributed by atoms with Crippen LogP contribution in [0.1, 0.15) is 39.9 Å². The van der Waals surface area contributed by atoms with Crippen LogP contribution in [0.15, 0.2) is 30.3 Å². The Kier molecular flexibility index (Phi) is 4.98. The average Bonchev–Trinajstić information content (AvgIpc) is 2.99. The van der Waals surface area contributed by atoms with Crippen LogP contribution in [-0.2, 0) is 4.79 Å². The number of nitrogens with one attached hydrogen (secondary N) is 1. The maximum absolute atomic E-state index is 12.7. The van der Waals surface area contributed by atoms with E-state index >= 15 is 0 Å². The molecule has 26 heavy (non-hydrogen) atoms. The van der Waals surface area contributed by atoms with Crippen molar-refractivity contribution in [2.24, 2.45) is 0 Å². The van der Waals surface area contributed by atoms with E-state index in [2.05, 4.69) is 5.32 Å². The van der Waals surface area contributed by atoms with Gasteiger partial charge in [0.05, 0.1) is 12.8 Å². The Labute approximate surface area is 154 Å². The number of amides is 2. The second-order valence-corrected chi connectivity index (χ2v) is 6.76. The lowest BCUT2D eigenvalue weighted by atomic mass is 9.99. The van der Waals surface area contributed by atoms with Crippen molar-refractivity contribution in [2.45, 2.75) is 33.6 Å². The highest BCUT2D eigenvalue weighted by Gasteiger charge is 2.24. The van der Waals surface area contributed by atoms with Crippen LogP contribution in [0, 0.1) is 20.8 Å². The first-order chi connectivity index (χ1) is 12.4. The molecular weight excluding hydrogens is 328 g/mol. The second kappa shape index (κ2) is 7.20. The molecule has 1 aliphatic heterocycles. The number of carbonyl (C=O) groups is 2. The van der Waals surface area contributed by atoms with E-state index < -0.39 is 0 Å². The second-order valence-electron chi connectivity index (χ2n) is 6.76. The molecule has 0 spiro atoms. The van der Waals surface area contributed by atoms with Gasteiger partial charge < -0.3 is 15.0 Å². The summed E-state index contributed by atoms with van der Waals surface area (Å²) in [5.41, 5.74) is 5.11. The Morgan fingerprint density at radius 3 is 2.38 bits per heavy atom. The number of ether oxygens (including phenoxy) is 1. The highest BCUT2D eigenvalue weighted by atomic mass is 16.5. The number of hydrogen-bond acceptors (Lipinski definition) is 3. The molecule has 5 heteroatoms. The quantitative estimate of drug-likeness (QED) is 0.905. The SMILES string of the molecule is COc1cc(NC(=O)c2c(C)cc(C)cc2C)ccc1N1CCCC1=O. The molecule has 1 aliphatic rings. The molecule has 0 bridgehead atoms. The zero-order valence-corrected chi connectivity index (χ0v) is 15.7. The summed E-state index contributed by atoms with van der Waals surface area (Å²) < 4.78 is 5.45. The summed E-state index contributed by atoms with van der Waals surface area (Å²) in [7, 11) is 1.57. The van der Waals surface area contributed by atoms with Crippen LogP contribution in [0.3, 0.4) is 0 Å². The summed E-state index contributed by atoms with van der Waals surface area (Å²) in [4.78, 5) is 26.5. The molecule has 0 radical (unpaired) electrons. The molecule has 0 aliphatic carbocycles. The minimum Gasteiger partial charge on any atom is -0.494 e. The fourth-order valence-corrected chi connectivity index (χ4v) is 3.61. The van der Waals surface area contributed by atoms with E-state index in [9.17, 15) is 9.59 Å². The lowest BCUT2D eigenvalue weighted by molar-refractivity contribution is -0.117. The Hall–Kier alpha value is -2.82. The highest BCUT2D eigenvalue weighted by Crippen LogP contribution is 2.34. The van der Waals surface area contributed by atoms with E-state index in [1.807, 2.05) is 39.0 Å². The van der Waals surface area contributed by atoms with Crippen molar-refractivity contribution in [2.75, 3.05) is 23.9 Å². The molecule has 0 aromatic heterocycles. The summed E-state index contributed by atoms with van der Waals surface area (Å²) in [6, 6.07) is 9.40. The van der Waals surface area contributed by atoms with Crippen LogP contribution in [0.4, 0.5) is 11.4 Å².